The van der Waals surface area contributed by atoms with E-state index in [1.807, 2.05) is 4.90 Å². The summed E-state index contributed by atoms with van der Waals surface area (Å²) >= 11 is 14.7. The zero-order valence-corrected chi connectivity index (χ0v) is 24.7. The Morgan fingerprint density at radius 1 is 1.03 bits per heavy atom. The number of carbonyl (C=O) groups excluding carboxylic acids is 2. The van der Waals surface area contributed by atoms with Crippen molar-refractivity contribution in [1.82, 2.24) is 31.5 Å². The fourth-order valence-corrected chi connectivity index (χ4v) is 9.08. The molecule has 5 aliphatic rings. The molecule has 5 heterocycles. The Labute approximate surface area is 239 Å². The summed E-state index contributed by atoms with van der Waals surface area (Å²) < 4.78 is 11.3. The fourth-order valence-electron chi connectivity index (χ4n) is 7.03. The van der Waals surface area contributed by atoms with Crippen molar-refractivity contribution in [2.24, 2.45) is 23.7 Å². The van der Waals surface area contributed by atoms with Crippen LogP contribution in [0.25, 0.3) is 0 Å². The number of nitrogens with zero attached hydrogens (tertiary/aromatic N) is 1. The molecule has 0 spiro atoms. The van der Waals surface area contributed by atoms with Crippen molar-refractivity contribution in [2.75, 3.05) is 46.9 Å². The largest absolute Gasteiger partial charge is 0.380 e. The maximum atomic E-state index is 13.6. The van der Waals surface area contributed by atoms with Gasteiger partial charge in [0.1, 0.15) is 11.7 Å². The van der Waals surface area contributed by atoms with E-state index in [1.165, 1.54) is 0 Å². The number of methoxy groups -OCH3 is 2. The second-order valence-corrected chi connectivity index (χ2v) is 13.8. The number of hydrogen-bond acceptors (Lipinski definition) is 9. The smallest absolute Gasteiger partial charge is 0.231 e. The first kappa shape index (κ1) is 29.1. The molecule has 0 radical (unpaired) electrons. The van der Waals surface area contributed by atoms with Crippen LogP contribution in [0.3, 0.4) is 0 Å². The lowest BCUT2D eigenvalue weighted by Gasteiger charge is -2.45. The number of nitrogens with one attached hydrogen (secondary N) is 5. The van der Waals surface area contributed by atoms with Gasteiger partial charge in [0, 0.05) is 57.7 Å². The summed E-state index contributed by atoms with van der Waals surface area (Å²) in [5.74, 6) is -0.0245. The van der Waals surface area contributed by atoms with Crippen LogP contribution in [0.2, 0.25) is 0 Å². The third-order valence-electron chi connectivity index (χ3n) is 9.06. The highest BCUT2D eigenvalue weighted by atomic mass is 35.5. The maximum Gasteiger partial charge on any atom is 0.231 e. The molecule has 5 aliphatic heterocycles. The number of amides is 2. The molecule has 13 heteroatoms. The molecule has 12 unspecified atom stereocenters. The Kier molecular flexibility index (Phi) is 9.70. The quantitative estimate of drug-likeness (QED) is 0.219. The number of hydrogen-bond donors (Lipinski definition) is 5. The lowest BCUT2D eigenvalue weighted by molar-refractivity contribution is -0.141. The molecular weight excluding hydrogens is 551 g/mol. The summed E-state index contributed by atoms with van der Waals surface area (Å²) in [5.41, 5.74) is -0.277. The standard InChI is InChI=1S/C25H42Cl2N6O4S/c1-12-6-13(14-7-20(27)30-9-18(14)36-2)15(8-29-12)22(34)32-25-31-17-10-33(11-19(17)38-25)24(35)21-16(26)4-5-28-23(21)37-3/h12-21,23,25,28-31H,4-11H2,1-3H3,(H,32,34). The van der Waals surface area contributed by atoms with E-state index >= 15 is 0 Å². The summed E-state index contributed by atoms with van der Waals surface area (Å²) in [4.78, 5) is 28.9. The molecule has 5 rings (SSSR count). The molecule has 0 bridgehead atoms. The Hall–Kier alpha value is -0.370. The van der Waals surface area contributed by atoms with Crippen molar-refractivity contribution in [1.29, 1.82) is 0 Å². The van der Waals surface area contributed by atoms with Gasteiger partial charge in [0.15, 0.2) is 0 Å². The van der Waals surface area contributed by atoms with Crippen molar-refractivity contribution >= 4 is 46.8 Å². The van der Waals surface area contributed by atoms with E-state index in [2.05, 4.69) is 33.5 Å². The summed E-state index contributed by atoms with van der Waals surface area (Å²) in [5, 5.41) is 16.9. The number of ether oxygens (including phenoxy) is 2. The first-order valence-electron chi connectivity index (χ1n) is 13.8. The monoisotopic (exact) mass is 592 g/mol. The van der Waals surface area contributed by atoms with Gasteiger partial charge in [-0.15, -0.1) is 35.0 Å². The second-order valence-electron chi connectivity index (χ2n) is 11.4. The van der Waals surface area contributed by atoms with Crippen LogP contribution >= 0.6 is 35.0 Å². The van der Waals surface area contributed by atoms with Crippen LogP contribution in [-0.4, -0.2) is 110 Å². The third-order valence-corrected chi connectivity index (χ3v) is 11.2. The van der Waals surface area contributed by atoms with E-state index in [4.69, 9.17) is 32.7 Å². The van der Waals surface area contributed by atoms with E-state index < -0.39 is 5.92 Å². The molecule has 38 heavy (non-hydrogen) atoms. The predicted octanol–water partition coefficient (Wildman–Crippen LogP) is 0.295. The molecular formula is C25H42Cl2N6O4S. The molecule has 0 aromatic carbocycles. The van der Waals surface area contributed by atoms with Crippen LogP contribution < -0.4 is 26.6 Å². The minimum Gasteiger partial charge on any atom is -0.380 e. The summed E-state index contributed by atoms with van der Waals surface area (Å²) in [6.07, 6.45) is 2.12. The molecule has 0 aromatic rings. The van der Waals surface area contributed by atoms with Crippen LogP contribution in [0.15, 0.2) is 0 Å². The van der Waals surface area contributed by atoms with Crippen molar-refractivity contribution in [3.05, 3.63) is 0 Å². The van der Waals surface area contributed by atoms with Gasteiger partial charge < -0.3 is 25.0 Å². The lowest BCUT2D eigenvalue weighted by atomic mass is 9.70. The Morgan fingerprint density at radius 3 is 2.58 bits per heavy atom. The number of alkyl halides is 2. The van der Waals surface area contributed by atoms with Crippen molar-refractivity contribution < 1.29 is 19.1 Å². The number of piperidine rings is 3. The van der Waals surface area contributed by atoms with Gasteiger partial charge in [-0.05, 0) is 44.6 Å². The van der Waals surface area contributed by atoms with Crippen LogP contribution in [-0.2, 0) is 19.1 Å². The molecule has 10 nitrogen and oxygen atoms in total. The van der Waals surface area contributed by atoms with Crippen LogP contribution in [0.5, 0.6) is 0 Å². The lowest BCUT2D eigenvalue weighted by Crippen LogP contribution is -2.57. The van der Waals surface area contributed by atoms with Gasteiger partial charge in [-0.2, -0.15) is 0 Å². The molecule has 5 N–H and O–H groups in total. The van der Waals surface area contributed by atoms with Crippen LogP contribution in [0, 0.1) is 23.7 Å². The second kappa shape index (κ2) is 12.7. The first-order valence-corrected chi connectivity index (χ1v) is 15.6. The Morgan fingerprint density at radius 2 is 1.84 bits per heavy atom. The van der Waals surface area contributed by atoms with Gasteiger partial charge in [0.2, 0.25) is 11.8 Å². The van der Waals surface area contributed by atoms with E-state index in [-0.39, 0.29) is 69.6 Å². The first-order chi connectivity index (χ1) is 18.3. The Bertz CT molecular complexity index is 849. The zero-order valence-electron chi connectivity index (χ0n) is 22.3. The van der Waals surface area contributed by atoms with Crippen LogP contribution in [0.4, 0.5) is 0 Å². The molecule has 12 atom stereocenters. The fraction of sp³-hybridized carbons (Fsp3) is 0.920. The third kappa shape index (κ3) is 6.11. The molecule has 5 saturated heterocycles. The molecule has 5 fully saturated rings. The van der Waals surface area contributed by atoms with Crippen molar-refractivity contribution in [2.45, 2.75) is 72.2 Å². The number of halogens is 2. The van der Waals surface area contributed by atoms with Gasteiger partial charge >= 0.3 is 0 Å². The van der Waals surface area contributed by atoms with Crippen molar-refractivity contribution in [3.63, 3.8) is 0 Å². The minimum absolute atomic E-state index is 0.0407. The van der Waals surface area contributed by atoms with E-state index in [0.717, 1.165) is 25.8 Å². The van der Waals surface area contributed by atoms with Gasteiger partial charge in [-0.1, -0.05) is 0 Å². The number of likely N-dealkylation sites (tertiary alicyclic amines) is 1. The van der Waals surface area contributed by atoms with Crippen molar-refractivity contribution in [3.8, 4) is 0 Å². The van der Waals surface area contributed by atoms with E-state index in [9.17, 15) is 9.59 Å². The maximum absolute atomic E-state index is 13.6. The van der Waals surface area contributed by atoms with Crippen LogP contribution in [0.1, 0.15) is 26.2 Å². The van der Waals surface area contributed by atoms with Gasteiger partial charge in [0.25, 0.3) is 0 Å². The highest BCUT2D eigenvalue weighted by Crippen LogP contribution is 2.39. The molecule has 2 amide bonds. The Balaban J connectivity index is 1.17. The average Bonchev–Trinajstić information content (AvgIpc) is 3.46. The minimum atomic E-state index is -0.397. The normalized spacial score (nSPS) is 45.6. The summed E-state index contributed by atoms with van der Waals surface area (Å²) in [6.45, 7) is 5.51. The molecule has 0 saturated carbocycles. The van der Waals surface area contributed by atoms with E-state index in [0.29, 0.717) is 32.2 Å². The zero-order chi connectivity index (χ0) is 27.0. The summed E-state index contributed by atoms with van der Waals surface area (Å²) in [6, 6.07) is 0.469. The molecule has 0 aliphatic carbocycles. The van der Waals surface area contributed by atoms with Gasteiger partial charge in [0.05, 0.1) is 28.8 Å². The number of thioether (sulfide) groups is 1. The summed E-state index contributed by atoms with van der Waals surface area (Å²) in [7, 11) is 3.35. The predicted molar refractivity (Wildman–Crippen MR) is 149 cm³/mol. The topological polar surface area (TPSA) is 116 Å². The molecule has 216 valence electrons. The molecule has 0 aromatic heterocycles. The number of fused-ring (bicyclic) bond motifs is 1. The highest BCUT2D eigenvalue weighted by Gasteiger charge is 2.49. The average molecular weight is 594 g/mol. The number of carbonyl (C=O) groups is 2. The SMILES string of the molecule is COC1CNC(Cl)CC1C1CC(C)NCC1C(=O)NC1NC2CN(C(=O)C3C(Cl)CCNC3OC)CC2S1. The van der Waals surface area contributed by atoms with Gasteiger partial charge in [-0.25, -0.2) is 0 Å². The highest BCUT2D eigenvalue weighted by molar-refractivity contribution is 8.00. The van der Waals surface area contributed by atoms with Gasteiger partial charge in [-0.3, -0.25) is 25.5 Å². The van der Waals surface area contributed by atoms with E-state index in [1.54, 1.807) is 26.0 Å². The number of rotatable bonds is 6.